The molecule has 0 aliphatic carbocycles. The normalized spacial score (nSPS) is 30.4. The molecule has 0 spiro atoms. The molecule has 3 N–H and O–H groups in total. The van der Waals surface area contributed by atoms with Crippen LogP contribution in [0.3, 0.4) is 0 Å². The SMILES string of the molecule is OC[C@H]1O[C@H](On2cnc3c(N4CCCC4)ncnc32)[C@@H](O)[C@@H]1O. The van der Waals surface area contributed by atoms with Gasteiger partial charge in [0.25, 0.3) is 6.29 Å². The van der Waals surface area contributed by atoms with Gasteiger partial charge in [-0.1, -0.05) is 0 Å². The highest BCUT2D eigenvalue weighted by Gasteiger charge is 2.44. The number of anilines is 1. The van der Waals surface area contributed by atoms with Crippen molar-refractivity contribution in [3.8, 4) is 0 Å². The molecule has 0 unspecified atom stereocenters. The van der Waals surface area contributed by atoms with E-state index < -0.39 is 31.2 Å². The summed E-state index contributed by atoms with van der Waals surface area (Å²) in [6, 6.07) is 0. The Labute approximate surface area is 137 Å². The number of aliphatic hydroxyl groups is 3. The van der Waals surface area contributed by atoms with Crippen LogP contribution in [0.2, 0.25) is 0 Å². The summed E-state index contributed by atoms with van der Waals surface area (Å²) in [5.41, 5.74) is 1.05. The van der Waals surface area contributed by atoms with Gasteiger partial charge in [-0.25, -0.2) is 15.0 Å². The summed E-state index contributed by atoms with van der Waals surface area (Å²) < 4.78 is 6.60. The van der Waals surface area contributed by atoms with Crippen LogP contribution in [-0.4, -0.2) is 79.3 Å². The van der Waals surface area contributed by atoms with Gasteiger partial charge in [0, 0.05) is 13.1 Å². The van der Waals surface area contributed by atoms with Crippen molar-refractivity contribution in [2.45, 2.75) is 37.4 Å². The number of aliphatic hydroxyl groups excluding tert-OH is 3. The molecule has 130 valence electrons. The Kier molecular flexibility index (Phi) is 3.96. The van der Waals surface area contributed by atoms with E-state index >= 15 is 0 Å². The molecule has 0 amide bonds. The third-order valence-electron chi connectivity index (χ3n) is 4.41. The summed E-state index contributed by atoms with van der Waals surface area (Å²) >= 11 is 0. The highest BCUT2D eigenvalue weighted by Crippen LogP contribution is 2.25. The maximum atomic E-state index is 9.97. The van der Waals surface area contributed by atoms with E-state index in [2.05, 4.69) is 19.9 Å². The second-order valence-electron chi connectivity index (χ2n) is 5.95. The van der Waals surface area contributed by atoms with E-state index in [0.29, 0.717) is 11.2 Å². The zero-order chi connectivity index (χ0) is 16.7. The molecule has 2 aliphatic heterocycles. The number of aromatic nitrogens is 4. The number of hydrogen-bond acceptors (Lipinski definition) is 9. The van der Waals surface area contributed by atoms with E-state index in [4.69, 9.17) is 14.7 Å². The molecule has 10 heteroatoms. The van der Waals surface area contributed by atoms with Gasteiger partial charge in [0.1, 0.15) is 31.0 Å². The molecule has 2 aromatic rings. The minimum absolute atomic E-state index is 0.413. The van der Waals surface area contributed by atoms with Gasteiger partial charge in [-0.2, -0.15) is 0 Å². The minimum Gasteiger partial charge on any atom is -0.394 e. The predicted molar refractivity (Wildman–Crippen MR) is 81.1 cm³/mol. The first kappa shape index (κ1) is 15.5. The van der Waals surface area contributed by atoms with Crippen LogP contribution >= 0.6 is 0 Å². The van der Waals surface area contributed by atoms with Crippen molar-refractivity contribution in [2.24, 2.45) is 0 Å². The number of ether oxygens (including phenoxy) is 1. The molecule has 24 heavy (non-hydrogen) atoms. The van der Waals surface area contributed by atoms with Crippen molar-refractivity contribution in [1.82, 2.24) is 19.7 Å². The van der Waals surface area contributed by atoms with Crippen molar-refractivity contribution >= 4 is 17.0 Å². The monoisotopic (exact) mass is 337 g/mol. The van der Waals surface area contributed by atoms with E-state index in [1.54, 1.807) is 0 Å². The third kappa shape index (κ3) is 2.47. The van der Waals surface area contributed by atoms with Gasteiger partial charge in [0.15, 0.2) is 11.3 Å². The largest absolute Gasteiger partial charge is 0.394 e. The van der Waals surface area contributed by atoms with E-state index in [0.717, 1.165) is 31.7 Å². The van der Waals surface area contributed by atoms with Crippen molar-refractivity contribution in [3.05, 3.63) is 12.7 Å². The quantitative estimate of drug-likeness (QED) is 0.598. The third-order valence-corrected chi connectivity index (χ3v) is 4.41. The number of hydrogen-bond donors (Lipinski definition) is 3. The average molecular weight is 337 g/mol. The van der Waals surface area contributed by atoms with Crippen LogP contribution in [0.15, 0.2) is 12.7 Å². The van der Waals surface area contributed by atoms with E-state index in [9.17, 15) is 10.2 Å². The summed E-state index contributed by atoms with van der Waals surface area (Å²) in [6.07, 6.45) is 0.581. The van der Waals surface area contributed by atoms with Crippen molar-refractivity contribution in [2.75, 3.05) is 24.6 Å². The smallest absolute Gasteiger partial charge is 0.254 e. The molecular formula is C14H19N5O5. The van der Waals surface area contributed by atoms with Crippen LogP contribution < -0.4 is 9.74 Å². The van der Waals surface area contributed by atoms with Crippen LogP contribution in [0.4, 0.5) is 5.82 Å². The number of rotatable bonds is 4. The van der Waals surface area contributed by atoms with Gasteiger partial charge in [0.2, 0.25) is 5.65 Å². The van der Waals surface area contributed by atoms with Crippen molar-refractivity contribution in [1.29, 1.82) is 0 Å². The average Bonchev–Trinajstić information content (AvgIpc) is 3.31. The molecule has 2 saturated heterocycles. The summed E-state index contributed by atoms with van der Waals surface area (Å²) in [5, 5.41) is 28.9. The Morgan fingerprint density at radius 3 is 2.67 bits per heavy atom. The Hall–Kier alpha value is -2.01. The molecule has 0 aromatic carbocycles. The molecule has 2 fully saturated rings. The second kappa shape index (κ2) is 6.13. The van der Waals surface area contributed by atoms with Crippen LogP contribution in [0.25, 0.3) is 11.2 Å². The Bertz CT molecular complexity index is 719. The highest BCUT2D eigenvalue weighted by molar-refractivity contribution is 5.83. The lowest BCUT2D eigenvalue weighted by Crippen LogP contribution is -2.38. The summed E-state index contributed by atoms with van der Waals surface area (Å²) in [7, 11) is 0. The molecule has 0 radical (unpaired) electrons. The fourth-order valence-corrected chi connectivity index (χ4v) is 3.10. The van der Waals surface area contributed by atoms with Gasteiger partial charge < -0.3 is 29.8 Å². The molecule has 4 atom stereocenters. The van der Waals surface area contributed by atoms with E-state index in [1.807, 2.05) is 0 Å². The van der Waals surface area contributed by atoms with E-state index in [-0.39, 0.29) is 0 Å². The van der Waals surface area contributed by atoms with Crippen LogP contribution in [0.1, 0.15) is 12.8 Å². The first-order valence-electron chi connectivity index (χ1n) is 7.91. The first-order chi connectivity index (χ1) is 11.7. The zero-order valence-electron chi connectivity index (χ0n) is 12.9. The Morgan fingerprint density at radius 2 is 1.96 bits per heavy atom. The van der Waals surface area contributed by atoms with Gasteiger partial charge >= 0.3 is 0 Å². The predicted octanol–water partition coefficient (Wildman–Crippen LogP) is -1.71. The molecular weight excluding hydrogens is 318 g/mol. The second-order valence-corrected chi connectivity index (χ2v) is 5.95. The lowest BCUT2D eigenvalue weighted by atomic mass is 10.1. The molecule has 0 saturated carbocycles. The fraction of sp³-hybridized carbons (Fsp3) is 0.643. The van der Waals surface area contributed by atoms with Gasteiger partial charge in [-0.15, -0.1) is 4.73 Å². The lowest BCUT2D eigenvalue weighted by Gasteiger charge is -2.17. The molecule has 0 bridgehead atoms. The summed E-state index contributed by atoms with van der Waals surface area (Å²) in [5.74, 6) is 0.751. The lowest BCUT2D eigenvalue weighted by molar-refractivity contribution is -0.169. The summed E-state index contributed by atoms with van der Waals surface area (Å²) in [4.78, 5) is 20.5. The number of fused-ring (bicyclic) bond motifs is 1. The van der Waals surface area contributed by atoms with Gasteiger partial charge in [-0.05, 0) is 12.8 Å². The maximum absolute atomic E-state index is 9.97. The van der Waals surface area contributed by atoms with Crippen LogP contribution in [-0.2, 0) is 4.74 Å². The molecule has 2 aliphatic rings. The maximum Gasteiger partial charge on any atom is 0.254 e. The molecule has 4 heterocycles. The number of nitrogens with zero attached hydrogens (tertiary/aromatic N) is 5. The van der Waals surface area contributed by atoms with Crippen molar-refractivity contribution < 1.29 is 24.9 Å². The zero-order valence-corrected chi connectivity index (χ0v) is 12.9. The molecule has 10 nitrogen and oxygen atoms in total. The summed E-state index contributed by atoms with van der Waals surface area (Å²) in [6.45, 7) is 1.44. The fourth-order valence-electron chi connectivity index (χ4n) is 3.10. The molecule has 2 aromatic heterocycles. The standard InChI is InChI=1S/C14H19N5O5/c20-5-8-10(21)11(22)14(23-8)24-19-7-17-9-12(15-6-16-13(9)19)18-3-1-2-4-18/h6-8,10-11,14,20-22H,1-5H2/t8-,10-,11+,14-/m1/s1. The van der Waals surface area contributed by atoms with Crippen LogP contribution in [0.5, 0.6) is 0 Å². The first-order valence-corrected chi connectivity index (χ1v) is 7.91. The Balaban J connectivity index is 1.60. The topological polar surface area (TPSA) is 126 Å². The molecule has 4 rings (SSSR count). The van der Waals surface area contributed by atoms with Gasteiger partial charge in [0.05, 0.1) is 6.61 Å². The van der Waals surface area contributed by atoms with Gasteiger partial charge in [-0.3, -0.25) is 0 Å². The van der Waals surface area contributed by atoms with Crippen molar-refractivity contribution in [3.63, 3.8) is 0 Å². The Morgan fingerprint density at radius 1 is 1.17 bits per heavy atom. The van der Waals surface area contributed by atoms with E-state index in [1.165, 1.54) is 17.4 Å². The highest BCUT2D eigenvalue weighted by atomic mass is 16.8. The minimum atomic E-state index is -1.28. The number of imidazole rings is 1. The van der Waals surface area contributed by atoms with Crippen LogP contribution in [0, 0.1) is 0 Å².